The van der Waals surface area contributed by atoms with Gasteiger partial charge in [0, 0.05) is 24.4 Å². The molecule has 0 amide bonds. The Morgan fingerprint density at radius 1 is 0.966 bits per heavy atom. The number of nitrogens with zero attached hydrogens (tertiary/aromatic N) is 9. The van der Waals surface area contributed by atoms with Crippen LogP contribution in [0.1, 0.15) is 72.8 Å². The van der Waals surface area contributed by atoms with E-state index >= 15 is 0 Å². The molecule has 0 fully saturated rings. The monoisotopic (exact) mass is 417 g/mol. The summed E-state index contributed by atoms with van der Waals surface area (Å²) in [5, 5.41) is 24.0. The third-order valence-electron chi connectivity index (χ3n) is 4.49. The van der Waals surface area contributed by atoms with Crippen molar-refractivity contribution in [3.05, 3.63) is 11.5 Å². The van der Waals surface area contributed by atoms with Gasteiger partial charge in [0.1, 0.15) is 0 Å². The molecule has 0 N–H and O–H groups in total. The van der Waals surface area contributed by atoms with Gasteiger partial charge in [-0.1, -0.05) is 53.3 Å². The summed E-state index contributed by atoms with van der Waals surface area (Å²) in [6, 6.07) is 0. The van der Waals surface area contributed by atoms with Crippen LogP contribution in [0.15, 0.2) is 15.4 Å². The van der Waals surface area contributed by atoms with E-state index in [9.17, 15) is 0 Å². The molecule has 0 atom stereocenters. The molecule has 0 aromatic carbocycles. The molecule has 0 bridgehead atoms. The number of hydrogen-bond donors (Lipinski definition) is 0. The number of azo groups is 1. The van der Waals surface area contributed by atoms with E-state index in [1.165, 1.54) is 0 Å². The van der Waals surface area contributed by atoms with Crippen LogP contribution < -0.4 is 0 Å². The third-order valence-corrected chi connectivity index (χ3v) is 5.21. The van der Waals surface area contributed by atoms with Crippen molar-refractivity contribution < 1.29 is 0 Å². The second-order valence-corrected chi connectivity index (χ2v) is 9.39. The summed E-state index contributed by atoms with van der Waals surface area (Å²) in [5.41, 5.74) is 2.33. The van der Waals surface area contributed by atoms with E-state index in [0.29, 0.717) is 12.5 Å². The number of rotatable bonds is 7. The van der Waals surface area contributed by atoms with E-state index in [1.54, 1.807) is 16.4 Å². The fraction of sp³-hybridized carbons (Fsp3) is 0.684. The Hall–Kier alpha value is -2.23. The van der Waals surface area contributed by atoms with E-state index in [2.05, 4.69) is 68.8 Å². The maximum atomic E-state index is 4.90. The zero-order valence-corrected chi connectivity index (χ0v) is 19.4. The first-order valence-electron chi connectivity index (χ1n) is 10.2. The quantitative estimate of drug-likeness (QED) is 0.393. The number of thioether (sulfide) groups is 1. The molecule has 0 aliphatic heterocycles. The van der Waals surface area contributed by atoms with Gasteiger partial charge in [-0.2, -0.15) is 19.7 Å². The Kier molecular flexibility index (Phi) is 6.11. The molecule has 29 heavy (non-hydrogen) atoms. The van der Waals surface area contributed by atoms with Gasteiger partial charge >= 0.3 is 0 Å². The molecule has 3 heterocycles. The van der Waals surface area contributed by atoms with E-state index in [0.717, 1.165) is 40.3 Å². The van der Waals surface area contributed by atoms with Crippen molar-refractivity contribution >= 4 is 29.0 Å². The normalized spacial score (nSPS) is 12.9. The standard InChI is InChI=1S/C19H31N9S/c1-9-26-16-13(21-22-17-20-18(29-11-3)25-27(17)10-2)14(19(6,7)8)23-28(16)15(24-26)12(4)5/h12H,9-11H2,1-8H3/b22-21+. The minimum atomic E-state index is -0.186. The van der Waals surface area contributed by atoms with Crippen molar-refractivity contribution in [1.82, 2.24) is 34.2 Å². The van der Waals surface area contributed by atoms with Gasteiger partial charge < -0.3 is 0 Å². The van der Waals surface area contributed by atoms with Crippen LogP contribution in [0.2, 0.25) is 0 Å². The van der Waals surface area contributed by atoms with Crippen molar-refractivity contribution in [2.24, 2.45) is 10.2 Å². The van der Waals surface area contributed by atoms with Gasteiger partial charge in [-0.05, 0) is 19.6 Å². The highest BCUT2D eigenvalue weighted by Gasteiger charge is 2.29. The Morgan fingerprint density at radius 3 is 2.21 bits per heavy atom. The molecular formula is C19H31N9S. The molecule has 0 aliphatic carbocycles. The molecule has 0 saturated heterocycles. The molecule has 0 radical (unpaired) electrons. The molecule has 10 heteroatoms. The van der Waals surface area contributed by atoms with Crippen LogP contribution in [0.5, 0.6) is 0 Å². The summed E-state index contributed by atoms with van der Waals surface area (Å²) < 4.78 is 5.65. The summed E-state index contributed by atoms with van der Waals surface area (Å²) in [5.74, 6) is 2.59. The molecule has 9 nitrogen and oxygen atoms in total. The maximum Gasteiger partial charge on any atom is 0.268 e. The maximum absolute atomic E-state index is 4.90. The van der Waals surface area contributed by atoms with Crippen molar-refractivity contribution in [2.75, 3.05) is 5.75 Å². The van der Waals surface area contributed by atoms with E-state index < -0.39 is 0 Å². The fourth-order valence-electron chi connectivity index (χ4n) is 3.07. The summed E-state index contributed by atoms with van der Waals surface area (Å²) in [6.45, 7) is 18.2. The molecule has 0 unspecified atom stereocenters. The summed E-state index contributed by atoms with van der Waals surface area (Å²) in [4.78, 5) is 4.52. The predicted octanol–water partition coefficient (Wildman–Crippen LogP) is 5.11. The Labute approximate surface area is 176 Å². The molecule has 0 spiro atoms. The highest BCUT2D eigenvalue weighted by Crippen LogP contribution is 2.36. The van der Waals surface area contributed by atoms with Gasteiger partial charge in [0.2, 0.25) is 5.16 Å². The van der Waals surface area contributed by atoms with Crippen LogP contribution in [-0.2, 0) is 18.5 Å². The first-order chi connectivity index (χ1) is 13.7. The lowest BCUT2D eigenvalue weighted by atomic mass is 9.91. The smallest absolute Gasteiger partial charge is 0.244 e. The van der Waals surface area contributed by atoms with Crippen molar-refractivity contribution in [2.45, 2.75) is 85.0 Å². The van der Waals surface area contributed by atoms with E-state index in [-0.39, 0.29) is 11.3 Å². The molecule has 0 aliphatic rings. The molecule has 3 rings (SSSR count). The third kappa shape index (κ3) is 4.08. The fourth-order valence-corrected chi connectivity index (χ4v) is 3.63. The van der Waals surface area contributed by atoms with Gasteiger partial charge in [-0.15, -0.1) is 15.3 Å². The minimum absolute atomic E-state index is 0.186. The van der Waals surface area contributed by atoms with Crippen molar-refractivity contribution in [3.63, 3.8) is 0 Å². The molecule has 158 valence electrons. The summed E-state index contributed by atoms with van der Waals surface area (Å²) in [6.07, 6.45) is 0. The summed E-state index contributed by atoms with van der Waals surface area (Å²) in [7, 11) is 0. The Bertz CT molecular complexity index is 1020. The predicted molar refractivity (Wildman–Crippen MR) is 116 cm³/mol. The van der Waals surface area contributed by atoms with Crippen LogP contribution in [0.25, 0.3) is 5.65 Å². The van der Waals surface area contributed by atoms with E-state index in [4.69, 9.17) is 10.2 Å². The van der Waals surface area contributed by atoms with Gasteiger partial charge in [-0.25, -0.2) is 9.36 Å². The van der Waals surface area contributed by atoms with Crippen LogP contribution in [0.4, 0.5) is 11.6 Å². The lowest BCUT2D eigenvalue weighted by Crippen LogP contribution is -2.13. The summed E-state index contributed by atoms with van der Waals surface area (Å²) >= 11 is 1.60. The van der Waals surface area contributed by atoms with Crippen molar-refractivity contribution in [1.29, 1.82) is 0 Å². The van der Waals surface area contributed by atoms with Crippen LogP contribution in [0.3, 0.4) is 0 Å². The number of aromatic nitrogens is 7. The first kappa shape index (κ1) is 21.5. The number of fused-ring (bicyclic) bond motifs is 1. The van der Waals surface area contributed by atoms with Crippen LogP contribution >= 0.6 is 11.8 Å². The lowest BCUT2D eigenvalue weighted by molar-refractivity contribution is 0.557. The SMILES string of the molecule is CCSc1nc(/N=N/c2c(C(C)(C)C)nn3c(C(C)C)nn(CC)c23)n(CC)n1. The Balaban J connectivity index is 2.19. The topological polar surface area (TPSA) is 90.5 Å². The van der Waals surface area contributed by atoms with Gasteiger partial charge in [-0.3, -0.25) is 0 Å². The van der Waals surface area contributed by atoms with Gasteiger partial charge in [0.15, 0.2) is 17.2 Å². The van der Waals surface area contributed by atoms with Crippen molar-refractivity contribution in [3.8, 4) is 0 Å². The first-order valence-corrected chi connectivity index (χ1v) is 11.2. The number of hydrogen-bond acceptors (Lipinski definition) is 7. The van der Waals surface area contributed by atoms with E-state index in [1.807, 2.05) is 16.1 Å². The van der Waals surface area contributed by atoms with Crippen LogP contribution in [-0.4, -0.2) is 39.9 Å². The molecular weight excluding hydrogens is 386 g/mol. The zero-order chi connectivity index (χ0) is 21.3. The highest BCUT2D eigenvalue weighted by molar-refractivity contribution is 7.99. The lowest BCUT2D eigenvalue weighted by Gasteiger charge is -2.15. The second kappa shape index (κ2) is 8.25. The highest BCUT2D eigenvalue weighted by atomic mass is 32.2. The molecule has 3 aromatic heterocycles. The molecule has 0 saturated carbocycles. The molecule has 3 aromatic rings. The zero-order valence-electron chi connectivity index (χ0n) is 18.6. The largest absolute Gasteiger partial charge is 0.268 e. The second-order valence-electron chi connectivity index (χ2n) is 8.15. The average molecular weight is 418 g/mol. The Morgan fingerprint density at radius 2 is 1.66 bits per heavy atom. The van der Waals surface area contributed by atoms with Crippen LogP contribution in [0, 0.1) is 0 Å². The van der Waals surface area contributed by atoms with Gasteiger partial charge in [0.05, 0.1) is 5.69 Å². The van der Waals surface area contributed by atoms with Gasteiger partial charge in [0.25, 0.3) is 5.95 Å². The average Bonchev–Trinajstić information content (AvgIpc) is 3.31. The minimum Gasteiger partial charge on any atom is -0.244 e. The number of aryl methyl sites for hydroxylation is 2.